The van der Waals surface area contributed by atoms with Crippen LogP contribution in [0.25, 0.3) is 0 Å². The van der Waals surface area contributed by atoms with Crippen molar-refractivity contribution in [2.24, 2.45) is 5.92 Å². The van der Waals surface area contributed by atoms with Crippen molar-refractivity contribution in [3.05, 3.63) is 29.8 Å². The van der Waals surface area contributed by atoms with Gasteiger partial charge >= 0.3 is 5.97 Å². The van der Waals surface area contributed by atoms with E-state index in [4.69, 9.17) is 4.74 Å². The number of likely N-dealkylation sites (tertiary alicyclic amines) is 1. The van der Waals surface area contributed by atoms with Gasteiger partial charge in [0, 0.05) is 23.4 Å². The van der Waals surface area contributed by atoms with E-state index >= 15 is 0 Å². The molecule has 1 aromatic rings. The van der Waals surface area contributed by atoms with E-state index in [0.717, 1.165) is 30.6 Å². The lowest BCUT2D eigenvalue weighted by Gasteiger charge is -2.28. The highest BCUT2D eigenvalue weighted by Gasteiger charge is 2.62. The summed E-state index contributed by atoms with van der Waals surface area (Å²) in [4.78, 5) is 25.7. The van der Waals surface area contributed by atoms with Crippen LogP contribution in [0.3, 0.4) is 0 Å². The van der Waals surface area contributed by atoms with Gasteiger partial charge in [0.15, 0.2) is 0 Å². The lowest BCUT2D eigenvalue weighted by Crippen LogP contribution is -2.42. The molecule has 1 N–H and O–H groups in total. The third-order valence-corrected chi connectivity index (χ3v) is 5.42. The number of nitrogens with zero attached hydrogens (tertiary/aromatic N) is 1. The van der Waals surface area contributed by atoms with Gasteiger partial charge in [0.1, 0.15) is 11.8 Å². The molecule has 1 amide bonds. The van der Waals surface area contributed by atoms with Gasteiger partial charge in [0.05, 0.1) is 6.61 Å². The standard InChI is InChI=1S/C17H19NO4/c19-15(18-8-3-5-13(18)16(20)21)12-10-17(12)7-9-22-14-6-2-1-4-11(14)17/h1-2,4,6,12-13H,3,5,7-10H2,(H,20,21)/t12-,13?,17-/m0/s1. The number of hydrogen-bond donors (Lipinski definition) is 1. The van der Waals surface area contributed by atoms with E-state index in [0.29, 0.717) is 19.6 Å². The van der Waals surface area contributed by atoms with Crippen molar-refractivity contribution in [3.8, 4) is 5.75 Å². The molecule has 1 aromatic carbocycles. The average Bonchev–Trinajstić information content (AvgIpc) is 3.01. The molecule has 1 saturated heterocycles. The maximum absolute atomic E-state index is 12.8. The number of ether oxygens (including phenoxy) is 1. The Morgan fingerprint density at radius 3 is 2.95 bits per heavy atom. The molecule has 2 heterocycles. The topological polar surface area (TPSA) is 66.8 Å². The zero-order valence-electron chi connectivity index (χ0n) is 12.3. The summed E-state index contributed by atoms with van der Waals surface area (Å²) in [6, 6.07) is 7.27. The molecule has 1 unspecified atom stereocenters. The van der Waals surface area contributed by atoms with Gasteiger partial charge in [0.25, 0.3) is 0 Å². The molecule has 1 saturated carbocycles. The van der Waals surface area contributed by atoms with Gasteiger partial charge in [-0.05, 0) is 31.7 Å². The Morgan fingerprint density at radius 2 is 2.14 bits per heavy atom. The van der Waals surface area contributed by atoms with Crippen LogP contribution < -0.4 is 4.74 Å². The van der Waals surface area contributed by atoms with Crippen LogP contribution in [0.15, 0.2) is 24.3 Å². The van der Waals surface area contributed by atoms with Crippen molar-refractivity contribution in [3.63, 3.8) is 0 Å². The van der Waals surface area contributed by atoms with Gasteiger partial charge in [-0.3, -0.25) is 4.79 Å². The van der Waals surface area contributed by atoms with Gasteiger partial charge in [-0.2, -0.15) is 0 Å². The maximum atomic E-state index is 12.8. The Labute approximate surface area is 128 Å². The Kier molecular flexibility index (Phi) is 2.93. The van der Waals surface area contributed by atoms with Crippen LogP contribution in [0, 0.1) is 5.92 Å². The largest absolute Gasteiger partial charge is 0.493 e. The minimum atomic E-state index is -0.882. The molecule has 5 heteroatoms. The molecular weight excluding hydrogens is 282 g/mol. The minimum Gasteiger partial charge on any atom is -0.493 e. The Balaban J connectivity index is 1.60. The van der Waals surface area contributed by atoms with Crippen molar-refractivity contribution >= 4 is 11.9 Å². The molecule has 0 bridgehead atoms. The van der Waals surface area contributed by atoms with E-state index in [-0.39, 0.29) is 17.2 Å². The van der Waals surface area contributed by atoms with Crippen molar-refractivity contribution in [1.29, 1.82) is 0 Å². The summed E-state index contributed by atoms with van der Waals surface area (Å²) in [5.74, 6) is -0.0766. The van der Waals surface area contributed by atoms with E-state index in [2.05, 4.69) is 0 Å². The highest BCUT2D eigenvalue weighted by Crippen LogP contribution is 2.61. The maximum Gasteiger partial charge on any atom is 0.326 e. The van der Waals surface area contributed by atoms with Crippen LogP contribution >= 0.6 is 0 Å². The second-order valence-electron chi connectivity index (χ2n) is 6.54. The van der Waals surface area contributed by atoms with Gasteiger partial charge in [-0.15, -0.1) is 0 Å². The molecule has 1 spiro atoms. The molecular formula is C17H19NO4. The number of carboxylic acid groups (broad SMARTS) is 1. The molecule has 1 aliphatic carbocycles. The van der Waals surface area contributed by atoms with Crippen molar-refractivity contribution in [2.45, 2.75) is 37.1 Å². The molecule has 0 radical (unpaired) electrons. The predicted octanol–water partition coefficient (Wildman–Crippen LogP) is 1.80. The van der Waals surface area contributed by atoms with E-state index in [1.807, 2.05) is 24.3 Å². The summed E-state index contributed by atoms with van der Waals surface area (Å²) in [6.45, 7) is 1.20. The number of amides is 1. The number of carbonyl (C=O) groups is 2. The molecule has 22 heavy (non-hydrogen) atoms. The van der Waals surface area contributed by atoms with Crippen LogP contribution in [-0.4, -0.2) is 41.1 Å². The number of aliphatic carboxylic acids is 1. The van der Waals surface area contributed by atoms with E-state index in [9.17, 15) is 14.7 Å². The number of para-hydroxylation sites is 1. The first-order valence-corrected chi connectivity index (χ1v) is 7.89. The first kappa shape index (κ1) is 13.6. The Bertz CT molecular complexity index is 643. The summed E-state index contributed by atoms with van der Waals surface area (Å²) in [5.41, 5.74) is 0.989. The van der Waals surface area contributed by atoms with Gasteiger partial charge in [0.2, 0.25) is 5.91 Å². The molecule has 3 atom stereocenters. The average molecular weight is 301 g/mol. The van der Waals surface area contributed by atoms with Crippen LogP contribution in [-0.2, 0) is 15.0 Å². The number of carboxylic acids is 1. The number of hydrogen-bond acceptors (Lipinski definition) is 3. The Morgan fingerprint density at radius 1 is 1.32 bits per heavy atom. The highest BCUT2D eigenvalue weighted by atomic mass is 16.5. The fourth-order valence-electron chi connectivity index (χ4n) is 4.17. The number of benzene rings is 1. The smallest absolute Gasteiger partial charge is 0.326 e. The molecule has 5 nitrogen and oxygen atoms in total. The zero-order valence-corrected chi connectivity index (χ0v) is 12.3. The fourth-order valence-corrected chi connectivity index (χ4v) is 4.17. The molecule has 4 rings (SSSR count). The number of carbonyl (C=O) groups excluding carboxylic acids is 1. The monoisotopic (exact) mass is 301 g/mol. The normalized spacial score (nSPS) is 32.5. The van der Waals surface area contributed by atoms with Crippen LogP contribution in [0.2, 0.25) is 0 Å². The SMILES string of the molecule is O=C(O)C1CCCN1C(=O)[C@@H]1C[C@]12CCOc1ccccc12. The summed E-state index contributed by atoms with van der Waals surface area (Å²) in [5, 5.41) is 9.28. The molecule has 2 aliphatic heterocycles. The van der Waals surface area contributed by atoms with Crippen molar-refractivity contribution in [2.75, 3.05) is 13.2 Å². The first-order chi connectivity index (χ1) is 10.6. The quantitative estimate of drug-likeness (QED) is 0.904. The van der Waals surface area contributed by atoms with Crippen LogP contribution in [0.5, 0.6) is 5.75 Å². The van der Waals surface area contributed by atoms with E-state index in [1.54, 1.807) is 4.90 Å². The van der Waals surface area contributed by atoms with Crippen molar-refractivity contribution in [1.82, 2.24) is 4.90 Å². The van der Waals surface area contributed by atoms with Crippen molar-refractivity contribution < 1.29 is 19.4 Å². The van der Waals surface area contributed by atoms with E-state index in [1.165, 1.54) is 0 Å². The zero-order chi connectivity index (χ0) is 15.3. The molecule has 2 fully saturated rings. The van der Waals surface area contributed by atoms with E-state index < -0.39 is 12.0 Å². The summed E-state index contributed by atoms with van der Waals surface area (Å²) in [7, 11) is 0. The second-order valence-corrected chi connectivity index (χ2v) is 6.54. The third-order valence-electron chi connectivity index (χ3n) is 5.42. The highest BCUT2D eigenvalue weighted by molar-refractivity contribution is 5.89. The Hall–Kier alpha value is -2.04. The number of rotatable bonds is 2. The third kappa shape index (κ3) is 1.84. The van der Waals surface area contributed by atoms with Crippen LogP contribution in [0.1, 0.15) is 31.2 Å². The van der Waals surface area contributed by atoms with Gasteiger partial charge in [-0.1, -0.05) is 18.2 Å². The molecule has 116 valence electrons. The van der Waals surface area contributed by atoms with Gasteiger partial charge in [-0.25, -0.2) is 4.79 Å². The predicted molar refractivity (Wildman–Crippen MR) is 78.7 cm³/mol. The minimum absolute atomic E-state index is 0.0154. The fraction of sp³-hybridized carbons (Fsp3) is 0.529. The first-order valence-electron chi connectivity index (χ1n) is 7.89. The second kappa shape index (κ2) is 4.73. The van der Waals surface area contributed by atoms with Crippen LogP contribution in [0.4, 0.5) is 0 Å². The summed E-state index contributed by atoms with van der Waals surface area (Å²) >= 11 is 0. The lowest BCUT2D eigenvalue weighted by atomic mass is 9.87. The van der Waals surface area contributed by atoms with Gasteiger partial charge < -0.3 is 14.7 Å². The molecule has 3 aliphatic rings. The number of fused-ring (bicyclic) bond motifs is 2. The lowest BCUT2D eigenvalue weighted by molar-refractivity contribution is -0.149. The summed E-state index contributed by atoms with van der Waals surface area (Å²) < 4.78 is 5.69. The molecule has 0 aromatic heterocycles. The summed E-state index contributed by atoms with van der Waals surface area (Å²) in [6.07, 6.45) is 3.00.